The number of carbonyl (C=O) groups excluding carboxylic acids is 1. The Labute approximate surface area is 150 Å². The molecule has 0 spiro atoms. The van der Waals surface area contributed by atoms with E-state index in [2.05, 4.69) is 27.3 Å². The van der Waals surface area contributed by atoms with Crippen LogP contribution in [0.5, 0.6) is 0 Å². The number of piperazine rings is 1. The van der Waals surface area contributed by atoms with Crippen molar-refractivity contribution in [3.63, 3.8) is 0 Å². The molecule has 1 N–H and O–H groups in total. The highest BCUT2D eigenvalue weighted by atomic mass is 16.2. The number of aryl methyl sites for hydroxylation is 1. The number of nitrogens with zero attached hydrogens (tertiary/aromatic N) is 5. The monoisotopic (exact) mass is 348 g/mol. The predicted octanol–water partition coefficient (Wildman–Crippen LogP) is 1.78. The fourth-order valence-corrected chi connectivity index (χ4v) is 3.66. The van der Waals surface area contributed by atoms with Gasteiger partial charge in [-0.15, -0.1) is 0 Å². The molecule has 140 valence electrons. The van der Waals surface area contributed by atoms with Gasteiger partial charge < -0.3 is 20.0 Å². The first-order chi connectivity index (χ1) is 12.1. The van der Waals surface area contributed by atoms with Gasteiger partial charge in [0.1, 0.15) is 0 Å². The average Bonchev–Trinajstić information content (AvgIpc) is 3.09. The van der Waals surface area contributed by atoms with Crippen molar-refractivity contribution in [3.05, 3.63) is 12.4 Å². The van der Waals surface area contributed by atoms with Gasteiger partial charge in [-0.2, -0.15) is 5.10 Å². The third-order valence-corrected chi connectivity index (χ3v) is 5.56. The maximum atomic E-state index is 12.4. The van der Waals surface area contributed by atoms with Crippen molar-refractivity contribution < 1.29 is 4.79 Å². The largest absolute Gasteiger partial charge is 0.325 e. The van der Waals surface area contributed by atoms with Gasteiger partial charge in [-0.1, -0.05) is 0 Å². The summed E-state index contributed by atoms with van der Waals surface area (Å²) in [7, 11) is 2.20. The third-order valence-electron chi connectivity index (χ3n) is 5.56. The topological polar surface area (TPSA) is 56.6 Å². The quantitative estimate of drug-likeness (QED) is 0.881. The molecule has 7 nitrogen and oxygen atoms in total. The average molecular weight is 348 g/mol. The zero-order chi connectivity index (χ0) is 17.6. The Kier molecular flexibility index (Phi) is 6.31. The number of urea groups is 1. The summed E-state index contributed by atoms with van der Waals surface area (Å²) >= 11 is 0. The normalized spacial score (nSPS) is 20.8. The standard InChI is InChI=1S/C18H32N6O/c1-3-24-15-17(14-19-24)20-18(25)23-8-5-16(6-9-23)4-7-22-12-10-21(2)11-13-22/h14-16H,3-13H2,1-2H3,(H,20,25). The van der Waals surface area contributed by atoms with E-state index < -0.39 is 0 Å². The second-order valence-electron chi connectivity index (χ2n) is 7.38. The number of likely N-dealkylation sites (tertiary alicyclic amines) is 1. The van der Waals surface area contributed by atoms with E-state index in [9.17, 15) is 4.79 Å². The lowest BCUT2D eigenvalue weighted by atomic mass is 9.93. The SMILES string of the molecule is CCn1cc(NC(=O)N2CCC(CCN3CCN(C)CC3)CC2)cn1. The molecule has 0 aromatic carbocycles. The summed E-state index contributed by atoms with van der Waals surface area (Å²) in [4.78, 5) is 19.3. The lowest BCUT2D eigenvalue weighted by Gasteiger charge is -2.35. The number of aromatic nitrogens is 2. The summed E-state index contributed by atoms with van der Waals surface area (Å²) in [5.41, 5.74) is 0.782. The first-order valence-electron chi connectivity index (χ1n) is 9.63. The van der Waals surface area contributed by atoms with Gasteiger partial charge in [-0.3, -0.25) is 4.68 Å². The van der Waals surface area contributed by atoms with Crippen molar-refractivity contribution in [2.45, 2.75) is 32.7 Å². The molecule has 0 unspecified atom stereocenters. The molecule has 2 saturated heterocycles. The van der Waals surface area contributed by atoms with Gasteiger partial charge in [0.15, 0.2) is 0 Å². The first-order valence-corrected chi connectivity index (χ1v) is 9.63. The van der Waals surface area contributed by atoms with Crippen molar-refractivity contribution in [2.24, 2.45) is 5.92 Å². The van der Waals surface area contributed by atoms with E-state index >= 15 is 0 Å². The van der Waals surface area contributed by atoms with Crippen molar-refractivity contribution in [1.29, 1.82) is 0 Å². The van der Waals surface area contributed by atoms with Gasteiger partial charge in [0.05, 0.1) is 11.9 Å². The summed E-state index contributed by atoms with van der Waals surface area (Å²) in [5, 5.41) is 7.15. The number of anilines is 1. The summed E-state index contributed by atoms with van der Waals surface area (Å²) < 4.78 is 1.82. The van der Waals surface area contributed by atoms with Crippen LogP contribution in [0.4, 0.5) is 10.5 Å². The number of nitrogens with one attached hydrogen (secondary N) is 1. The first kappa shape index (κ1) is 18.2. The van der Waals surface area contributed by atoms with E-state index in [1.54, 1.807) is 6.20 Å². The maximum absolute atomic E-state index is 12.4. The molecule has 3 heterocycles. The summed E-state index contributed by atoms with van der Waals surface area (Å²) in [6.45, 7) is 10.6. The second kappa shape index (κ2) is 8.67. The minimum absolute atomic E-state index is 0.00757. The molecule has 2 fully saturated rings. The number of rotatable bonds is 5. The lowest BCUT2D eigenvalue weighted by molar-refractivity contribution is 0.134. The fourth-order valence-electron chi connectivity index (χ4n) is 3.66. The summed E-state index contributed by atoms with van der Waals surface area (Å²) in [6.07, 6.45) is 7.10. The summed E-state index contributed by atoms with van der Waals surface area (Å²) in [6, 6.07) is 0.00757. The van der Waals surface area contributed by atoms with Crippen molar-refractivity contribution >= 4 is 11.7 Å². The molecule has 7 heteroatoms. The van der Waals surface area contributed by atoms with E-state index in [0.29, 0.717) is 0 Å². The molecule has 0 atom stereocenters. The van der Waals surface area contributed by atoms with Crippen molar-refractivity contribution in [1.82, 2.24) is 24.5 Å². The van der Waals surface area contributed by atoms with Crippen LogP contribution in [0.3, 0.4) is 0 Å². The van der Waals surface area contributed by atoms with Crippen molar-refractivity contribution in [3.8, 4) is 0 Å². The molecule has 0 saturated carbocycles. The van der Waals surface area contributed by atoms with Crippen LogP contribution in [0.25, 0.3) is 0 Å². The van der Waals surface area contributed by atoms with Crippen molar-refractivity contribution in [2.75, 3.05) is 58.2 Å². The van der Waals surface area contributed by atoms with E-state index in [4.69, 9.17) is 0 Å². The Morgan fingerprint density at radius 1 is 1.20 bits per heavy atom. The number of carbonyl (C=O) groups is 1. The van der Waals surface area contributed by atoms with E-state index in [1.807, 2.05) is 22.7 Å². The van der Waals surface area contributed by atoms with Crippen LogP contribution in [0, 0.1) is 5.92 Å². The molecule has 0 aliphatic carbocycles. The molecular formula is C18H32N6O. The van der Waals surface area contributed by atoms with Gasteiger partial charge in [-0.05, 0) is 45.7 Å². The van der Waals surface area contributed by atoms with Gasteiger partial charge in [0.2, 0.25) is 0 Å². The molecule has 0 radical (unpaired) electrons. The Balaban J connectivity index is 1.35. The van der Waals surface area contributed by atoms with E-state index in [-0.39, 0.29) is 6.03 Å². The van der Waals surface area contributed by atoms with Crippen LogP contribution in [0.2, 0.25) is 0 Å². The minimum atomic E-state index is 0.00757. The molecule has 2 aliphatic rings. The highest BCUT2D eigenvalue weighted by Crippen LogP contribution is 2.22. The zero-order valence-corrected chi connectivity index (χ0v) is 15.7. The van der Waals surface area contributed by atoms with E-state index in [1.165, 1.54) is 39.1 Å². The van der Waals surface area contributed by atoms with Gasteiger partial charge in [-0.25, -0.2) is 4.79 Å². The highest BCUT2D eigenvalue weighted by Gasteiger charge is 2.24. The number of hydrogen-bond donors (Lipinski definition) is 1. The summed E-state index contributed by atoms with van der Waals surface area (Å²) in [5.74, 6) is 0.756. The van der Waals surface area contributed by atoms with Crippen LogP contribution in [-0.4, -0.2) is 83.4 Å². The lowest BCUT2D eigenvalue weighted by Crippen LogP contribution is -2.45. The number of likely N-dealkylation sites (N-methyl/N-ethyl adjacent to an activating group) is 1. The molecule has 0 bridgehead atoms. The van der Waals surface area contributed by atoms with Crippen LogP contribution >= 0.6 is 0 Å². The molecule has 1 aromatic heterocycles. The molecule has 25 heavy (non-hydrogen) atoms. The molecule has 1 aromatic rings. The van der Waals surface area contributed by atoms with Crippen LogP contribution in [0.1, 0.15) is 26.2 Å². The molecule has 3 rings (SSSR count). The predicted molar refractivity (Wildman–Crippen MR) is 99.8 cm³/mol. The Morgan fingerprint density at radius 2 is 1.92 bits per heavy atom. The second-order valence-corrected chi connectivity index (χ2v) is 7.38. The maximum Gasteiger partial charge on any atom is 0.321 e. The van der Waals surface area contributed by atoms with Crippen LogP contribution in [-0.2, 0) is 6.54 Å². The number of amides is 2. The van der Waals surface area contributed by atoms with Gasteiger partial charge >= 0.3 is 6.03 Å². The van der Waals surface area contributed by atoms with Crippen LogP contribution < -0.4 is 5.32 Å². The Bertz CT molecular complexity index is 544. The Hall–Kier alpha value is -1.60. The minimum Gasteiger partial charge on any atom is -0.325 e. The van der Waals surface area contributed by atoms with E-state index in [0.717, 1.165) is 44.1 Å². The number of piperidine rings is 1. The fraction of sp³-hybridized carbons (Fsp3) is 0.778. The van der Waals surface area contributed by atoms with Gasteiger partial charge in [0.25, 0.3) is 0 Å². The zero-order valence-electron chi connectivity index (χ0n) is 15.7. The molecule has 2 aliphatic heterocycles. The molecular weight excluding hydrogens is 316 g/mol. The smallest absolute Gasteiger partial charge is 0.321 e. The third kappa shape index (κ3) is 5.19. The Morgan fingerprint density at radius 3 is 2.56 bits per heavy atom. The highest BCUT2D eigenvalue weighted by molar-refractivity contribution is 5.89. The molecule has 2 amide bonds. The number of hydrogen-bond acceptors (Lipinski definition) is 4. The van der Waals surface area contributed by atoms with Gasteiger partial charge in [0, 0.05) is 52.0 Å². The van der Waals surface area contributed by atoms with Crippen LogP contribution in [0.15, 0.2) is 12.4 Å².